The van der Waals surface area contributed by atoms with Crippen LogP contribution in [0.4, 0.5) is 0 Å². The van der Waals surface area contributed by atoms with Crippen molar-refractivity contribution in [2.24, 2.45) is 10.9 Å². The maximum atomic E-state index is 4.37. The summed E-state index contributed by atoms with van der Waals surface area (Å²) in [4.78, 5) is 6.77. The quantitative estimate of drug-likeness (QED) is 0.430. The average Bonchev–Trinajstić information content (AvgIpc) is 3.24. The lowest BCUT2D eigenvalue weighted by Gasteiger charge is -2.20. The highest BCUT2D eigenvalue weighted by atomic mass is 127. The maximum Gasteiger partial charge on any atom is 0.191 e. The van der Waals surface area contributed by atoms with E-state index in [0.717, 1.165) is 25.0 Å². The van der Waals surface area contributed by atoms with Crippen LogP contribution in [0.3, 0.4) is 0 Å². The van der Waals surface area contributed by atoms with E-state index in [0.29, 0.717) is 5.41 Å². The summed E-state index contributed by atoms with van der Waals surface area (Å²) >= 11 is 0. The highest BCUT2D eigenvalue weighted by Crippen LogP contribution is 2.47. The molecule has 0 bridgehead atoms. The van der Waals surface area contributed by atoms with Crippen molar-refractivity contribution in [2.45, 2.75) is 24.7 Å². The lowest BCUT2D eigenvalue weighted by atomic mass is 9.96. The summed E-state index contributed by atoms with van der Waals surface area (Å²) in [6, 6.07) is 10.9. The number of halogens is 1. The van der Waals surface area contributed by atoms with Gasteiger partial charge in [0.2, 0.25) is 0 Å². The van der Waals surface area contributed by atoms with Crippen molar-refractivity contribution in [3.8, 4) is 0 Å². The summed E-state index contributed by atoms with van der Waals surface area (Å²) in [7, 11) is 4.06. The van der Waals surface area contributed by atoms with Gasteiger partial charge in [-0.3, -0.25) is 4.99 Å². The first-order chi connectivity index (χ1) is 10.7. The van der Waals surface area contributed by atoms with Crippen LogP contribution in [-0.2, 0) is 5.41 Å². The Morgan fingerprint density at radius 3 is 2.57 bits per heavy atom. The first kappa shape index (κ1) is 18.5. The Kier molecular flexibility index (Phi) is 6.71. The van der Waals surface area contributed by atoms with Gasteiger partial charge >= 0.3 is 0 Å². The fraction of sp³-hybridized carbons (Fsp3) is 0.611. The molecule has 1 unspecified atom stereocenters. The normalized spacial score (nSPS) is 23.2. The van der Waals surface area contributed by atoms with Crippen molar-refractivity contribution in [3.05, 3.63) is 35.9 Å². The van der Waals surface area contributed by atoms with Crippen LogP contribution >= 0.6 is 24.0 Å². The van der Waals surface area contributed by atoms with Gasteiger partial charge in [-0.05, 0) is 44.3 Å². The molecule has 1 atom stereocenters. The molecule has 5 heteroatoms. The molecule has 128 valence electrons. The van der Waals surface area contributed by atoms with Crippen LogP contribution in [0.1, 0.15) is 24.8 Å². The molecule has 2 fully saturated rings. The Morgan fingerprint density at radius 1 is 1.26 bits per heavy atom. The largest absolute Gasteiger partial charge is 0.356 e. The van der Waals surface area contributed by atoms with Crippen molar-refractivity contribution >= 4 is 29.9 Å². The predicted octanol–water partition coefficient (Wildman–Crippen LogP) is 2.45. The summed E-state index contributed by atoms with van der Waals surface area (Å²) in [5, 5.41) is 7.03. The van der Waals surface area contributed by atoms with Gasteiger partial charge in [0.1, 0.15) is 0 Å². The molecule has 1 aromatic carbocycles. The van der Waals surface area contributed by atoms with E-state index in [2.05, 4.69) is 57.9 Å². The van der Waals surface area contributed by atoms with Gasteiger partial charge in [-0.1, -0.05) is 30.3 Å². The third-order valence-corrected chi connectivity index (χ3v) is 5.10. The SMILES string of the molecule is CN=C(NCC1CCN(C)C1)NCC1(c2ccccc2)CC1.I. The Bertz CT molecular complexity index is 513. The fourth-order valence-corrected chi connectivity index (χ4v) is 3.42. The number of aliphatic imine (C=N–C) groups is 1. The molecular weight excluding hydrogens is 399 g/mol. The monoisotopic (exact) mass is 428 g/mol. The number of benzene rings is 1. The molecule has 1 aliphatic carbocycles. The predicted molar refractivity (Wildman–Crippen MR) is 108 cm³/mol. The summed E-state index contributed by atoms with van der Waals surface area (Å²) < 4.78 is 0. The molecule has 2 N–H and O–H groups in total. The number of hydrogen-bond acceptors (Lipinski definition) is 2. The van der Waals surface area contributed by atoms with Crippen LogP contribution in [0, 0.1) is 5.92 Å². The lowest BCUT2D eigenvalue weighted by Crippen LogP contribution is -2.43. The van der Waals surface area contributed by atoms with Crippen LogP contribution in [0.2, 0.25) is 0 Å². The topological polar surface area (TPSA) is 39.7 Å². The minimum absolute atomic E-state index is 0. The molecule has 1 heterocycles. The van der Waals surface area contributed by atoms with Crippen LogP contribution < -0.4 is 10.6 Å². The minimum Gasteiger partial charge on any atom is -0.356 e. The van der Waals surface area contributed by atoms with Gasteiger partial charge in [-0.25, -0.2) is 0 Å². The van der Waals surface area contributed by atoms with E-state index in [4.69, 9.17) is 0 Å². The highest BCUT2D eigenvalue weighted by Gasteiger charge is 2.44. The number of rotatable bonds is 5. The van der Waals surface area contributed by atoms with E-state index >= 15 is 0 Å². The van der Waals surface area contributed by atoms with Crippen molar-refractivity contribution in [2.75, 3.05) is 40.3 Å². The second kappa shape index (κ2) is 8.33. The van der Waals surface area contributed by atoms with Crippen LogP contribution in [-0.4, -0.2) is 51.1 Å². The van der Waals surface area contributed by atoms with Gasteiger partial charge in [0.15, 0.2) is 5.96 Å². The molecule has 0 spiro atoms. The smallest absolute Gasteiger partial charge is 0.191 e. The third kappa shape index (κ3) is 4.83. The first-order valence-electron chi connectivity index (χ1n) is 8.40. The fourth-order valence-electron chi connectivity index (χ4n) is 3.42. The molecule has 4 nitrogen and oxygen atoms in total. The number of nitrogens with zero attached hydrogens (tertiary/aromatic N) is 2. The molecule has 23 heavy (non-hydrogen) atoms. The number of nitrogens with one attached hydrogen (secondary N) is 2. The average molecular weight is 428 g/mol. The molecule has 1 saturated heterocycles. The van der Waals surface area contributed by atoms with E-state index in [1.165, 1.54) is 37.9 Å². The molecule has 2 aliphatic rings. The molecule has 1 saturated carbocycles. The van der Waals surface area contributed by atoms with Gasteiger partial charge in [0, 0.05) is 32.1 Å². The zero-order valence-corrected chi connectivity index (χ0v) is 16.5. The van der Waals surface area contributed by atoms with Crippen molar-refractivity contribution in [1.29, 1.82) is 0 Å². The summed E-state index contributed by atoms with van der Waals surface area (Å²) in [6.45, 7) is 4.40. The van der Waals surface area contributed by atoms with Gasteiger partial charge in [-0.15, -0.1) is 24.0 Å². The first-order valence-corrected chi connectivity index (χ1v) is 8.40. The molecule has 0 aromatic heterocycles. The van der Waals surface area contributed by atoms with Crippen LogP contribution in [0.15, 0.2) is 35.3 Å². The van der Waals surface area contributed by atoms with E-state index in [1.54, 1.807) is 0 Å². The Balaban J connectivity index is 0.00000192. The molecule has 1 aromatic rings. The summed E-state index contributed by atoms with van der Waals surface area (Å²) in [6.07, 6.45) is 3.83. The van der Waals surface area contributed by atoms with Gasteiger partial charge in [0.25, 0.3) is 0 Å². The minimum atomic E-state index is 0. The second-order valence-corrected chi connectivity index (χ2v) is 6.87. The van der Waals surface area contributed by atoms with E-state index in [9.17, 15) is 0 Å². The van der Waals surface area contributed by atoms with E-state index in [1.807, 2.05) is 7.05 Å². The number of hydrogen-bond donors (Lipinski definition) is 2. The van der Waals surface area contributed by atoms with Gasteiger partial charge in [-0.2, -0.15) is 0 Å². The number of likely N-dealkylation sites (tertiary alicyclic amines) is 1. The Morgan fingerprint density at radius 2 is 2.00 bits per heavy atom. The summed E-state index contributed by atoms with van der Waals surface area (Å²) in [5.41, 5.74) is 1.78. The van der Waals surface area contributed by atoms with E-state index in [-0.39, 0.29) is 24.0 Å². The second-order valence-electron chi connectivity index (χ2n) is 6.87. The standard InChI is InChI=1S/C18H28N4.HI/c1-19-17(20-12-15-8-11-22(2)13-15)21-14-18(9-10-18)16-6-4-3-5-7-16;/h3-7,15H,8-14H2,1-2H3,(H2,19,20,21);1H. The lowest BCUT2D eigenvalue weighted by molar-refractivity contribution is 0.393. The van der Waals surface area contributed by atoms with Crippen molar-refractivity contribution < 1.29 is 0 Å². The van der Waals surface area contributed by atoms with E-state index < -0.39 is 0 Å². The molecule has 1 aliphatic heterocycles. The highest BCUT2D eigenvalue weighted by molar-refractivity contribution is 14.0. The van der Waals surface area contributed by atoms with Gasteiger partial charge < -0.3 is 15.5 Å². The number of guanidine groups is 1. The zero-order valence-electron chi connectivity index (χ0n) is 14.2. The van der Waals surface area contributed by atoms with Gasteiger partial charge in [0.05, 0.1) is 0 Å². The Hall–Kier alpha value is -0.820. The maximum absolute atomic E-state index is 4.37. The van der Waals surface area contributed by atoms with Crippen molar-refractivity contribution in [3.63, 3.8) is 0 Å². The molecule has 3 rings (SSSR count). The summed E-state index contributed by atoms with van der Waals surface area (Å²) in [5.74, 6) is 1.68. The third-order valence-electron chi connectivity index (χ3n) is 5.10. The van der Waals surface area contributed by atoms with Crippen molar-refractivity contribution in [1.82, 2.24) is 15.5 Å². The molecule has 0 radical (unpaired) electrons. The Labute approximate surface area is 157 Å². The van der Waals surface area contributed by atoms with Crippen LogP contribution in [0.25, 0.3) is 0 Å². The molecule has 0 amide bonds. The van der Waals surface area contributed by atoms with Crippen LogP contribution in [0.5, 0.6) is 0 Å². The molecular formula is C18H29IN4. The zero-order chi connectivity index (χ0) is 15.4.